The van der Waals surface area contributed by atoms with Crippen molar-refractivity contribution in [2.24, 2.45) is 0 Å². The average molecular weight is 277 g/mol. The Labute approximate surface area is 115 Å². The first-order valence-corrected chi connectivity index (χ1v) is 6.03. The lowest BCUT2D eigenvalue weighted by atomic mass is 10.1. The smallest absolute Gasteiger partial charge is 0.305 e. The zero-order valence-corrected chi connectivity index (χ0v) is 11.3. The van der Waals surface area contributed by atoms with Crippen molar-refractivity contribution in [1.29, 1.82) is 0 Å². The van der Waals surface area contributed by atoms with E-state index >= 15 is 0 Å². The molecule has 0 saturated heterocycles. The minimum atomic E-state index is -0.449. The van der Waals surface area contributed by atoms with Crippen molar-refractivity contribution in [1.82, 2.24) is 0 Å². The first-order valence-electron chi connectivity index (χ1n) is 6.03. The standard InChI is InChI=1S/C14H15NO5/c1-18-8-3-5-11-9(7-8)13(15)14(20-11)10(16)4-6-12(17)19-2/h3,5,7H,4,6,15H2,1-2H3. The van der Waals surface area contributed by atoms with Crippen LogP contribution in [0.4, 0.5) is 5.69 Å². The monoisotopic (exact) mass is 277 g/mol. The van der Waals surface area contributed by atoms with E-state index in [1.807, 2.05) is 0 Å². The molecule has 2 aromatic rings. The van der Waals surface area contributed by atoms with Gasteiger partial charge in [-0.05, 0) is 18.2 Å². The number of esters is 1. The molecule has 0 saturated carbocycles. The molecule has 0 aliphatic rings. The molecule has 2 rings (SSSR count). The third-order valence-corrected chi connectivity index (χ3v) is 2.97. The van der Waals surface area contributed by atoms with Gasteiger partial charge in [0.25, 0.3) is 0 Å². The fraction of sp³-hybridized carbons (Fsp3) is 0.286. The van der Waals surface area contributed by atoms with Crippen molar-refractivity contribution in [3.63, 3.8) is 0 Å². The van der Waals surface area contributed by atoms with Crippen LogP contribution in [-0.4, -0.2) is 26.0 Å². The zero-order chi connectivity index (χ0) is 14.7. The summed E-state index contributed by atoms with van der Waals surface area (Å²) in [7, 11) is 2.81. The lowest BCUT2D eigenvalue weighted by molar-refractivity contribution is -0.140. The van der Waals surface area contributed by atoms with Crippen LogP contribution >= 0.6 is 0 Å². The molecule has 1 aromatic carbocycles. The highest BCUT2D eigenvalue weighted by Crippen LogP contribution is 2.32. The topological polar surface area (TPSA) is 91.8 Å². The molecule has 0 radical (unpaired) electrons. The van der Waals surface area contributed by atoms with E-state index in [1.54, 1.807) is 25.3 Å². The van der Waals surface area contributed by atoms with Crippen LogP contribution in [0.3, 0.4) is 0 Å². The predicted molar refractivity (Wildman–Crippen MR) is 72.8 cm³/mol. The van der Waals surface area contributed by atoms with Gasteiger partial charge in [-0.2, -0.15) is 0 Å². The number of hydrogen-bond donors (Lipinski definition) is 1. The molecule has 0 unspecified atom stereocenters. The molecule has 0 aliphatic heterocycles. The Morgan fingerprint density at radius 3 is 2.65 bits per heavy atom. The molecule has 20 heavy (non-hydrogen) atoms. The van der Waals surface area contributed by atoms with Gasteiger partial charge in [-0.25, -0.2) is 0 Å². The van der Waals surface area contributed by atoms with Gasteiger partial charge in [-0.3, -0.25) is 9.59 Å². The largest absolute Gasteiger partial charge is 0.497 e. The minimum absolute atomic E-state index is 0.00482. The van der Waals surface area contributed by atoms with Crippen LogP contribution < -0.4 is 10.5 Å². The van der Waals surface area contributed by atoms with E-state index in [9.17, 15) is 9.59 Å². The number of ether oxygens (including phenoxy) is 2. The molecular weight excluding hydrogens is 262 g/mol. The number of carbonyl (C=O) groups is 2. The lowest BCUT2D eigenvalue weighted by Gasteiger charge is -1.98. The van der Waals surface area contributed by atoms with Gasteiger partial charge in [0.15, 0.2) is 5.76 Å². The van der Waals surface area contributed by atoms with Crippen LogP contribution in [0.1, 0.15) is 23.4 Å². The fourth-order valence-corrected chi connectivity index (χ4v) is 1.86. The molecule has 1 heterocycles. The van der Waals surface area contributed by atoms with Crippen LogP contribution in [0.2, 0.25) is 0 Å². The van der Waals surface area contributed by atoms with Gasteiger partial charge in [0.05, 0.1) is 26.3 Å². The van der Waals surface area contributed by atoms with Crippen molar-refractivity contribution < 1.29 is 23.5 Å². The SMILES string of the molecule is COC(=O)CCC(=O)c1oc2ccc(OC)cc2c1N. The number of rotatable bonds is 5. The Morgan fingerprint density at radius 1 is 1.25 bits per heavy atom. The van der Waals surface area contributed by atoms with Crippen LogP contribution in [0.25, 0.3) is 11.0 Å². The van der Waals surface area contributed by atoms with Gasteiger partial charge in [-0.1, -0.05) is 0 Å². The third kappa shape index (κ3) is 2.59. The van der Waals surface area contributed by atoms with Gasteiger partial charge >= 0.3 is 5.97 Å². The van der Waals surface area contributed by atoms with Crippen LogP contribution in [-0.2, 0) is 9.53 Å². The number of nitrogen functional groups attached to an aromatic ring is 1. The molecule has 0 amide bonds. The van der Waals surface area contributed by atoms with Crippen molar-refractivity contribution in [2.45, 2.75) is 12.8 Å². The number of benzene rings is 1. The Bertz CT molecular complexity index is 659. The van der Waals surface area contributed by atoms with Crippen molar-refractivity contribution >= 4 is 28.4 Å². The van der Waals surface area contributed by atoms with Crippen molar-refractivity contribution in [3.8, 4) is 5.75 Å². The number of fused-ring (bicyclic) bond motifs is 1. The van der Waals surface area contributed by atoms with Gasteiger partial charge in [0, 0.05) is 11.8 Å². The molecule has 0 spiro atoms. The normalized spacial score (nSPS) is 10.5. The summed E-state index contributed by atoms with van der Waals surface area (Å²) in [6, 6.07) is 5.10. The van der Waals surface area contributed by atoms with E-state index in [0.29, 0.717) is 16.7 Å². The second-order valence-corrected chi connectivity index (χ2v) is 4.21. The molecular formula is C14H15NO5. The number of carbonyl (C=O) groups excluding carboxylic acids is 2. The minimum Gasteiger partial charge on any atom is -0.497 e. The highest BCUT2D eigenvalue weighted by molar-refractivity contribution is 6.07. The van der Waals surface area contributed by atoms with Crippen molar-refractivity contribution in [3.05, 3.63) is 24.0 Å². The molecule has 0 bridgehead atoms. The Kier molecular flexibility index (Phi) is 3.93. The molecule has 6 heteroatoms. The number of nitrogens with two attached hydrogens (primary N) is 1. The maximum absolute atomic E-state index is 12.0. The van der Waals surface area contributed by atoms with Crippen LogP contribution in [0.15, 0.2) is 22.6 Å². The molecule has 1 aromatic heterocycles. The van der Waals surface area contributed by atoms with Gasteiger partial charge < -0.3 is 19.6 Å². The summed E-state index contributed by atoms with van der Waals surface area (Å²) < 4.78 is 15.0. The highest BCUT2D eigenvalue weighted by atomic mass is 16.5. The fourth-order valence-electron chi connectivity index (χ4n) is 1.86. The lowest BCUT2D eigenvalue weighted by Crippen LogP contribution is -2.06. The summed E-state index contributed by atoms with van der Waals surface area (Å²) in [5.74, 6) is -0.0894. The first kappa shape index (κ1) is 13.9. The second-order valence-electron chi connectivity index (χ2n) is 4.21. The number of anilines is 1. The maximum atomic E-state index is 12.0. The Hall–Kier alpha value is -2.50. The molecule has 106 valence electrons. The molecule has 6 nitrogen and oxygen atoms in total. The average Bonchev–Trinajstić information content (AvgIpc) is 2.81. The second kappa shape index (κ2) is 5.64. The molecule has 0 aliphatic carbocycles. The summed E-state index contributed by atoms with van der Waals surface area (Å²) in [5.41, 5.74) is 6.68. The number of methoxy groups -OCH3 is 2. The Balaban J connectivity index is 2.28. The van der Waals surface area contributed by atoms with E-state index in [4.69, 9.17) is 14.9 Å². The van der Waals surface area contributed by atoms with E-state index in [1.165, 1.54) is 7.11 Å². The van der Waals surface area contributed by atoms with Crippen molar-refractivity contribution in [2.75, 3.05) is 20.0 Å². The number of Topliss-reactive ketones (excluding diaryl/α,β-unsaturated/α-hetero) is 1. The Morgan fingerprint density at radius 2 is 2.00 bits per heavy atom. The van der Waals surface area contributed by atoms with Crippen LogP contribution in [0, 0.1) is 0 Å². The van der Waals surface area contributed by atoms with E-state index in [2.05, 4.69) is 4.74 Å². The van der Waals surface area contributed by atoms with Crippen LogP contribution in [0.5, 0.6) is 5.75 Å². The molecule has 0 fully saturated rings. The molecule has 0 atom stereocenters. The highest BCUT2D eigenvalue weighted by Gasteiger charge is 2.19. The quantitative estimate of drug-likeness (QED) is 0.665. The zero-order valence-electron chi connectivity index (χ0n) is 11.3. The van der Waals surface area contributed by atoms with Gasteiger partial charge in [0.2, 0.25) is 5.78 Å². The first-order chi connectivity index (χ1) is 9.56. The predicted octanol–water partition coefficient (Wildman–Crippen LogP) is 2.16. The summed E-state index contributed by atoms with van der Waals surface area (Å²) in [6.45, 7) is 0. The van der Waals surface area contributed by atoms with E-state index < -0.39 is 5.97 Å². The number of furan rings is 1. The number of hydrogen-bond acceptors (Lipinski definition) is 6. The van der Waals surface area contributed by atoms with E-state index in [0.717, 1.165) is 0 Å². The summed E-state index contributed by atoms with van der Waals surface area (Å²) in [6.07, 6.45) is -0.0109. The summed E-state index contributed by atoms with van der Waals surface area (Å²) in [4.78, 5) is 23.0. The molecule has 2 N–H and O–H groups in total. The number of ketones is 1. The summed E-state index contributed by atoms with van der Waals surface area (Å²) >= 11 is 0. The van der Waals surface area contributed by atoms with Gasteiger partial charge in [-0.15, -0.1) is 0 Å². The van der Waals surface area contributed by atoms with Gasteiger partial charge in [0.1, 0.15) is 11.3 Å². The summed E-state index contributed by atoms with van der Waals surface area (Å²) in [5, 5.41) is 0.616. The maximum Gasteiger partial charge on any atom is 0.305 e. The third-order valence-electron chi connectivity index (χ3n) is 2.97. The van der Waals surface area contributed by atoms with E-state index in [-0.39, 0.29) is 30.1 Å².